The van der Waals surface area contributed by atoms with Gasteiger partial charge in [-0.05, 0) is 6.07 Å². The highest BCUT2D eigenvalue weighted by Crippen LogP contribution is 2.20. The second-order valence-corrected chi connectivity index (χ2v) is 3.71. The molecule has 0 spiro atoms. The molecule has 0 amide bonds. The SMILES string of the molecule is COc1cc(F)ccc1Cn1cc(CN)cn1.Cl. The molecule has 0 aliphatic carbocycles. The van der Waals surface area contributed by atoms with Crippen LogP contribution in [0.5, 0.6) is 5.75 Å². The van der Waals surface area contributed by atoms with Gasteiger partial charge in [-0.2, -0.15) is 5.10 Å². The molecule has 0 unspecified atom stereocenters. The molecule has 1 heterocycles. The van der Waals surface area contributed by atoms with Gasteiger partial charge in [-0.25, -0.2) is 4.39 Å². The zero-order valence-electron chi connectivity index (χ0n) is 9.97. The summed E-state index contributed by atoms with van der Waals surface area (Å²) in [5, 5.41) is 4.17. The Balaban J connectivity index is 0.00000162. The van der Waals surface area contributed by atoms with Gasteiger partial charge >= 0.3 is 0 Å². The van der Waals surface area contributed by atoms with E-state index in [0.717, 1.165) is 11.1 Å². The summed E-state index contributed by atoms with van der Waals surface area (Å²) >= 11 is 0. The van der Waals surface area contributed by atoms with Gasteiger partial charge in [0.1, 0.15) is 11.6 Å². The van der Waals surface area contributed by atoms with Gasteiger partial charge in [-0.1, -0.05) is 6.07 Å². The molecule has 0 aliphatic heterocycles. The minimum Gasteiger partial charge on any atom is -0.496 e. The minimum atomic E-state index is -0.311. The molecule has 0 fully saturated rings. The van der Waals surface area contributed by atoms with E-state index < -0.39 is 0 Å². The second kappa shape index (κ2) is 6.37. The Morgan fingerprint density at radius 1 is 1.44 bits per heavy atom. The van der Waals surface area contributed by atoms with Gasteiger partial charge in [0, 0.05) is 29.9 Å². The molecule has 0 radical (unpaired) electrons. The van der Waals surface area contributed by atoms with Crippen molar-refractivity contribution in [3.05, 3.63) is 47.5 Å². The number of hydrogen-bond donors (Lipinski definition) is 1. The first-order valence-electron chi connectivity index (χ1n) is 5.26. The lowest BCUT2D eigenvalue weighted by Gasteiger charge is -2.08. The molecule has 6 heteroatoms. The molecule has 2 rings (SSSR count). The summed E-state index contributed by atoms with van der Waals surface area (Å²) in [5.41, 5.74) is 7.34. The fourth-order valence-corrected chi connectivity index (χ4v) is 1.62. The van der Waals surface area contributed by atoms with E-state index in [4.69, 9.17) is 10.5 Å². The van der Waals surface area contributed by atoms with Crippen LogP contribution in [-0.2, 0) is 13.1 Å². The van der Waals surface area contributed by atoms with Gasteiger partial charge in [0.05, 0.1) is 19.9 Å². The molecule has 0 saturated heterocycles. The van der Waals surface area contributed by atoms with Crippen LogP contribution < -0.4 is 10.5 Å². The Bertz CT molecular complexity index is 516. The summed E-state index contributed by atoms with van der Waals surface area (Å²) in [5.74, 6) is 0.212. The van der Waals surface area contributed by atoms with Crippen LogP contribution in [0.2, 0.25) is 0 Å². The molecule has 98 valence electrons. The molecule has 2 aromatic rings. The Morgan fingerprint density at radius 2 is 2.22 bits per heavy atom. The molecule has 0 atom stereocenters. The number of halogens is 2. The van der Waals surface area contributed by atoms with E-state index in [1.807, 2.05) is 6.20 Å². The Morgan fingerprint density at radius 3 is 2.83 bits per heavy atom. The molecule has 1 aromatic heterocycles. The maximum atomic E-state index is 13.0. The third-order valence-electron chi connectivity index (χ3n) is 2.50. The van der Waals surface area contributed by atoms with E-state index in [-0.39, 0.29) is 18.2 Å². The Labute approximate surface area is 111 Å². The number of nitrogens with two attached hydrogens (primary N) is 1. The first kappa shape index (κ1) is 14.5. The lowest BCUT2D eigenvalue weighted by molar-refractivity contribution is 0.404. The lowest BCUT2D eigenvalue weighted by Crippen LogP contribution is -2.02. The smallest absolute Gasteiger partial charge is 0.126 e. The monoisotopic (exact) mass is 271 g/mol. The third-order valence-corrected chi connectivity index (χ3v) is 2.50. The summed E-state index contributed by atoms with van der Waals surface area (Å²) < 4.78 is 19.9. The van der Waals surface area contributed by atoms with Gasteiger partial charge in [0.2, 0.25) is 0 Å². The van der Waals surface area contributed by atoms with Gasteiger partial charge in [-0.15, -0.1) is 12.4 Å². The van der Waals surface area contributed by atoms with Crippen LogP contribution >= 0.6 is 12.4 Å². The van der Waals surface area contributed by atoms with Crippen LogP contribution in [-0.4, -0.2) is 16.9 Å². The predicted octanol–water partition coefficient (Wildman–Crippen LogP) is 1.96. The van der Waals surface area contributed by atoms with E-state index in [1.54, 1.807) is 16.9 Å². The topological polar surface area (TPSA) is 53.1 Å². The van der Waals surface area contributed by atoms with E-state index >= 15 is 0 Å². The number of benzene rings is 1. The quantitative estimate of drug-likeness (QED) is 0.925. The van der Waals surface area contributed by atoms with Crippen LogP contribution in [0.3, 0.4) is 0 Å². The fourth-order valence-electron chi connectivity index (χ4n) is 1.62. The maximum Gasteiger partial charge on any atom is 0.126 e. The fraction of sp³-hybridized carbons (Fsp3) is 0.250. The first-order valence-corrected chi connectivity index (χ1v) is 5.26. The average Bonchev–Trinajstić information content (AvgIpc) is 2.79. The van der Waals surface area contributed by atoms with E-state index in [1.165, 1.54) is 19.2 Å². The van der Waals surface area contributed by atoms with Crippen molar-refractivity contribution in [2.24, 2.45) is 5.73 Å². The number of methoxy groups -OCH3 is 1. The molecule has 0 saturated carbocycles. The summed E-state index contributed by atoms with van der Waals surface area (Å²) in [6.07, 6.45) is 3.58. The standard InChI is InChI=1S/C12H14FN3O.ClH/c1-17-12-4-11(13)3-2-10(12)8-16-7-9(5-14)6-15-16;/h2-4,6-7H,5,8,14H2,1H3;1H. The predicted molar refractivity (Wildman–Crippen MR) is 69.4 cm³/mol. The first-order chi connectivity index (χ1) is 8.22. The minimum absolute atomic E-state index is 0. The lowest BCUT2D eigenvalue weighted by atomic mass is 10.2. The van der Waals surface area contributed by atoms with Crippen molar-refractivity contribution in [3.8, 4) is 5.75 Å². The van der Waals surface area contributed by atoms with E-state index in [2.05, 4.69) is 5.10 Å². The number of aromatic nitrogens is 2. The van der Waals surface area contributed by atoms with Crippen molar-refractivity contribution < 1.29 is 9.13 Å². The zero-order chi connectivity index (χ0) is 12.3. The average molecular weight is 272 g/mol. The number of ether oxygens (including phenoxy) is 1. The van der Waals surface area contributed by atoms with Crippen molar-refractivity contribution in [2.45, 2.75) is 13.1 Å². The normalized spacial score (nSPS) is 9.94. The molecular formula is C12H15ClFN3O. The number of rotatable bonds is 4. The highest BCUT2D eigenvalue weighted by atomic mass is 35.5. The van der Waals surface area contributed by atoms with Crippen LogP contribution in [0, 0.1) is 5.82 Å². The van der Waals surface area contributed by atoms with Crippen LogP contribution in [0.1, 0.15) is 11.1 Å². The number of hydrogen-bond acceptors (Lipinski definition) is 3. The van der Waals surface area contributed by atoms with E-state index in [9.17, 15) is 4.39 Å². The van der Waals surface area contributed by atoms with Crippen LogP contribution in [0.15, 0.2) is 30.6 Å². The van der Waals surface area contributed by atoms with Gasteiger partial charge in [0.25, 0.3) is 0 Å². The van der Waals surface area contributed by atoms with Gasteiger partial charge in [-0.3, -0.25) is 4.68 Å². The summed E-state index contributed by atoms with van der Waals surface area (Å²) in [4.78, 5) is 0. The Hall–Kier alpha value is -1.59. The van der Waals surface area contributed by atoms with Crippen molar-refractivity contribution >= 4 is 12.4 Å². The second-order valence-electron chi connectivity index (χ2n) is 3.71. The van der Waals surface area contributed by atoms with Crippen molar-refractivity contribution in [1.29, 1.82) is 0 Å². The van der Waals surface area contributed by atoms with Crippen LogP contribution in [0.4, 0.5) is 4.39 Å². The molecule has 4 nitrogen and oxygen atoms in total. The maximum absolute atomic E-state index is 13.0. The number of nitrogens with zero attached hydrogens (tertiary/aromatic N) is 2. The molecular weight excluding hydrogens is 257 g/mol. The highest BCUT2D eigenvalue weighted by Gasteiger charge is 2.06. The van der Waals surface area contributed by atoms with Gasteiger partial charge in [0.15, 0.2) is 0 Å². The highest BCUT2D eigenvalue weighted by molar-refractivity contribution is 5.85. The molecule has 0 aliphatic rings. The summed E-state index contributed by atoms with van der Waals surface area (Å²) in [6.45, 7) is 0.990. The summed E-state index contributed by atoms with van der Waals surface area (Å²) in [7, 11) is 1.52. The third kappa shape index (κ3) is 3.21. The molecule has 0 bridgehead atoms. The Kier molecular flexibility index (Phi) is 5.12. The molecule has 1 aromatic carbocycles. The van der Waals surface area contributed by atoms with Crippen LogP contribution in [0.25, 0.3) is 0 Å². The molecule has 2 N–H and O–H groups in total. The largest absolute Gasteiger partial charge is 0.496 e. The van der Waals surface area contributed by atoms with Crippen molar-refractivity contribution in [3.63, 3.8) is 0 Å². The molecule has 18 heavy (non-hydrogen) atoms. The summed E-state index contributed by atoms with van der Waals surface area (Å²) in [6, 6.07) is 4.46. The van der Waals surface area contributed by atoms with Gasteiger partial charge < -0.3 is 10.5 Å². The zero-order valence-corrected chi connectivity index (χ0v) is 10.8. The van der Waals surface area contributed by atoms with Crippen molar-refractivity contribution in [2.75, 3.05) is 7.11 Å². The van der Waals surface area contributed by atoms with Crippen molar-refractivity contribution in [1.82, 2.24) is 9.78 Å². The van der Waals surface area contributed by atoms with E-state index in [0.29, 0.717) is 18.8 Å².